The quantitative estimate of drug-likeness (QED) is 0.550. The molecule has 1 aromatic carbocycles. The third-order valence-corrected chi connectivity index (χ3v) is 7.48. The van der Waals surface area contributed by atoms with Gasteiger partial charge in [-0.2, -0.15) is 0 Å². The number of piperidine rings is 1. The average Bonchev–Trinajstić information content (AvgIpc) is 2.62. The van der Waals surface area contributed by atoms with Gasteiger partial charge in [0.15, 0.2) is 0 Å². The Morgan fingerprint density at radius 3 is 2.07 bits per heavy atom. The largest absolute Gasteiger partial charge is 0.342 e. The number of hydrogen-bond donors (Lipinski definition) is 0. The molecule has 0 atom stereocenters. The van der Waals surface area contributed by atoms with Gasteiger partial charge in [0.05, 0.1) is 0 Å². The van der Waals surface area contributed by atoms with Crippen LogP contribution in [0.2, 0.25) is 0 Å². The number of hydrogen-bond acceptors (Lipinski definition) is 3. The molecule has 3 aliphatic rings. The highest BCUT2D eigenvalue weighted by Gasteiger charge is 2.48. The lowest BCUT2D eigenvalue weighted by Crippen LogP contribution is -2.50. The maximum atomic E-state index is 13.2. The highest BCUT2D eigenvalue weighted by atomic mass is 16.2. The molecule has 2 aliphatic carbocycles. The van der Waals surface area contributed by atoms with Gasteiger partial charge in [-0.3, -0.25) is 14.4 Å². The molecular formula is C26H31NO3. The summed E-state index contributed by atoms with van der Waals surface area (Å²) < 4.78 is 0. The zero-order valence-electron chi connectivity index (χ0n) is 18.3. The van der Waals surface area contributed by atoms with Gasteiger partial charge in [-0.15, -0.1) is 5.92 Å². The lowest BCUT2D eigenvalue weighted by molar-refractivity contribution is -0.143. The minimum absolute atomic E-state index is 0.0468. The van der Waals surface area contributed by atoms with Crippen molar-refractivity contribution in [2.24, 2.45) is 11.3 Å². The van der Waals surface area contributed by atoms with Crippen LogP contribution >= 0.6 is 0 Å². The lowest BCUT2D eigenvalue weighted by atomic mass is 9.62. The van der Waals surface area contributed by atoms with Crippen LogP contribution in [-0.4, -0.2) is 35.5 Å². The second-order valence-corrected chi connectivity index (χ2v) is 9.57. The molecule has 158 valence electrons. The van der Waals surface area contributed by atoms with E-state index in [-0.39, 0.29) is 28.8 Å². The van der Waals surface area contributed by atoms with Crippen LogP contribution in [0, 0.1) is 37.0 Å². The van der Waals surface area contributed by atoms with Crippen molar-refractivity contribution in [1.82, 2.24) is 4.90 Å². The van der Waals surface area contributed by atoms with E-state index in [1.54, 1.807) is 6.92 Å². The van der Waals surface area contributed by atoms with Gasteiger partial charge in [-0.25, -0.2) is 0 Å². The fourth-order valence-electron chi connectivity index (χ4n) is 5.62. The second kappa shape index (κ2) is 8.02. The Hall–Kier alpha value is -2.41. The van der Waals surface area contributed by atoms with Crippen LogP contribution in [0.25, 0.3) is 0 Å². The maximum Gasteiger partial charge on any atom is 0.225 e. The number of benzene rings is 1. The van der Waals surface area contributed by atoms with Crippen molar-refractivity contribution in [2.75, 3.05) is 13.1 Å². The summed E-state index contributed by atoms with van der Waals surface area (Å²) in [5.41, 5.74) is 3.48. The molecule has 0 aromatic heterocycles. The molecule has 4 nitrogen and oxygen atoms in total. The number of carbonyl (C=O) groups excluding carboxylic acids is 3. The van der Waals surface area contributed by atoms with Crippen LogP contribution in [0.1, 0.15) is 80.0 Å². The fraction of sp³-hybridized carbons (Fsp3) is 0.577. The summed E-state index contributed by atoms with van der Waals surface area (Å²) in [6, 6.07) is 3.96. The summed E-state index contributed by atoms with van der Waals surface area (Å²) >= 11 is 0. The summed E-state index contributed by atoms with van der Waals surface area (Å²) in [4.78, 5) is 41.0. The number of rotatable bonds is 2. The molecule has 0 N–H and O–H groups in total. The number of carbonyl (C=O) groups is 3. The van der Waals surface area contributed by atoms with E-state index in [2.05, 4.69) is 11.8 Å². The SMILES string of the molecule is CC#Cc1cc(C)c(C2C(=O)CC3(CCN(C(=O)C4CCC4)CC3)CC2=O)c(C)c1. The van der Waals surface area contributed by atoms with E-state index in [1.165, 1.54) is 0 Å². The molecule has 3 fully saturated rings. The van der Waals surface area contributed by atoms with Crippen molar-refractivity contribution >= 4 is 17.5 Å². The Morgan fingerprint density at radius 1 is 1.03 bits per heavy atom. The van der Waals surface area contributed by atoms with Crippen LogP contribution in [0.15, 0.2) is 12.1 Å². The first-order valence-electron chi connectivity index (χ1n) is 11.2. The summed E-state index contributed by atoms with van der Waals surface area (Å²) in [7, 11) is 0. The average molecular weight is 406 g/mol. The second-order valence-electron chi connectivity index (χ2n) is 9.57. The minimum Gasteiger partial charge on any atom is -0.342 e. The van der Waals surface area contributed by atoms with E-state index >= 15 is 0 Å². The Labute approximate surface area is 179 Å². The zero-order chi connectivity index (χ0) is 21.5. The highest BCUT2D eigenvalue weighted by Crippen LogP contribution is 2.47. The lowest BCUT2D eigenvalue weighted by Gasteiger charge is -2.46. The van der Waals surface area contributed by atoms with Crippen LogP contribution < -0.4 is 0 Å². The Bertz CT molecular complexity index is 909. The minimum atomic E-state index is -0.645. The number of ketones is 2. The third kappa shape index (κ3) is 3.71. The number of aryl methyl sites for hydroxylation is 2. The normalized spacial score (nSPS) is 21.9. The molecule has 0 bridgehead atoms. The molecule has 4 rings (SSSR count). The van der Waals surface area contributed by atoms with E-state index in [9.17, 15) is 14.4 Å². The van der Waals surface area contributed by atoms with E-state index in [1.807, 2.05) is 30.9 Å². The Morgan fingerprint density at radius 2 is 1.60 bits per heavy atom. The third-order valence-electron chi connectivity index (χ3n) is 7.48. The van der Waals surface area contributed by atoms with Crippen LogP contribution in [0.4, 0.5) is 0 Å². The molecule has 1 aliphatic heterocycles. The predicted octanol–water partition coefficient (Wildman–Crippen LogP) is 4.10. The molecule has 1 amide bonds. The van der Waals surface area contributed by atoms with Crippen molar-refractivity contribution in [1.29, 1.82) is 0 Å². The smallest absolute Gasteiger partial charge is 0.225 e. The van der Waals surface area contributed by atoms with E-state index in [4.69, 9.17) is 0 Å². The van der Waals surface area contributed by atoms with Gasteiger partial charge in [0.25, 0.3) is 0 Å². The monoisotopic (exact) mass is 405 g/mol. The molecule has 1 spiro atoms. The molecule has 0 radical (unpaired) electrons. The Balaban J connectivity index is 1.49. The number of amides is 1. The summed E-state index contributed by atoms with van der Waals surface area (Å²) in [6.07, 6.45) is 5.61. The van der Waals surface area contributed by atoms with E-state index in [0.717, 1.165) is 54.4 Å². The van der Waals surface area contributed by atoms with Crippen molar-refractivity contribution in [2.45, 2.75) is 71.6 Å². The standard InChI is InChI=1S/C26H31NO3/c1-4-6-19-13-17(2)23(18(3)14-19)24-21(28)15-26(16-22(24)29)9-11-27(12-10-26)25(30)20-7-5-8-20/h13-14,20,24H,5,7-12,15-16H2,1-3H3. The Kier molecular flexibility index (Phi) is 5.57. The number of likely N-dealkylation sites (tertiary alicyclic amines) is 1. The predicted molar refractivity (Wildman–Crippen MR) is 116 cm³/mol. The fourth-order valence-corrected chi connectivity index (χ4v) is 5.62. The van der Waals surface area contributed by atoms with Gasteiger partial charge in [0.2, 0.25) is 5.91 Å². The van der Waals surface area contributed by atoms with Gasteiger partial charge < -0.3 is 4.90 Å². The van der Waals surface area contributed by atoms with E-state index in [0.29, 0.717) is 25.9 Å². The van der Waals surface area contributed by atoms with Crippen LogP contribution in [0.5, 0.6) is 0 Å². The molecule has 4 heteroatoms. The first-order valence-corrected chi connectivity index (χ1v) is 11.2. The number of nitrogens with zero attached hydrogens (tertiary/aromatic N) is 1. The molecule has 1 heterocycles. The first-order chi connectivity index (χ1) is 14.3. The van der Waals surface area contributed by atoms with Gasteiger partial charge in [-0.1, -0.05) is 12.3 Å². The topological polar surface area (TPSA) is 54.5 Å². The van der Waals surface area contributed by atoms with Crippen LogP contribution in [0.3, 0.4) is 0 Å². The van der Waals surface area contributed by atoms with Crippen molar-refractivity contribution in [3.63, 3.8) is 0 Å². The van der Waals surface area contributed by atoms with Gasteiger partial charge in [0.1, 0.15) is 17.5 Å². The van der Waals surface area contributed by atoms with Crippen molar-refractivity contribution < 1.29 is 14.4 Å². The summed E-state index contributed by atoms with van der Waals surface area (Å²) in [6.45, 7) is 7.11. The molecule has 1 aromatic rings. The summed E-state index contributed by atoms with van der Waals surface area (Å²) in [5, 5.41) is 0. The maximum absolute atomic E-state index is 13.2. The zero-order valence-corrected chi connectivity index (χ0v) is 18.3. The van der Waals surface area contributed by atoms with Gasteiger partial charge >= 0.3 is 0 Å². The summed E-state index contributed by atoms with van der Waals surface area (Å²) in [5.74, 6) is 5.92. The first kappa shape index (κ1) is 20.8. The number of Topliss-reactive ketones (excluding diaryl/α,β-unsaturated/α-hetero) is 2. The van der Waals surface area contributed by atoms with E-state index < -0.39 is 5.92 Å². The highest BCUT2D eigenvalue weighted by molar-refractivity contribution is 6.10. The molecule has 1 saturated heterocycles. The van der Waals surface area contributed by atoms with Crippen molar-refractivity contribution in [3.8, 4) is 11.8 Å². The van der Waals surface area contributed by atoms with Gasteiger partial charge in [0, 0.05) is 37.4 Å². The molecule has 30 heavy (non-hydrogen) atoms. The van der Waals surface area contributed by atoms with Crippen LogP contribution in [-0.2, 0) is 14.4 Å². The van der Waals surface area contributed by atoms with Crippen molar-refractivity contribution in [3.05, 3.63) is 34.4 Å². The molecular weight excluding hydrogens is 374 g/mol. The molecule has 0 unspecified atom stereocenters. The molecule has 2 saturated carbocycles. The van der Waals surface area contributed by atoms with Gasteiger partial charge in [-0.05, 0) is 80.7 Å².